The predicted octanol–water partition coefficient (Wildman–Crippen LogP) is 14.4. The molecule has 28 nitrogen and oxygen atoms in total. The molecule has 12 aromatic carbocycles. The van der Waals surface area contributed by atoms with Gasteiger partial charge in [-0.25, -0.2) is 57.5 Å². The van der Waals surface area contributed by atoms with E-state index < -0.39 is 108 Å². The van der Waals surface area contributed by atoms with Crippen LogP contribution in [0.3, 0.4) is 0 Å². The second kappa shape index (κ2) is 36.6. The van der Waals surface area contributed by atoms with Gasteiger partial charge in [0.25, 0.3) is 0 Å². The number of phenols is 1. The van der Waals surface area contributed by atoms with Gasteiger partial charge in [-0.1, -0.05) is 146 Å². The lowest BCUT2D eigenvalue weighted by Crippen LogP contribution is -2.19. The maximum atomic E-state index is 14.1. The monoisotopic (exact) mass is 1560 g/mol. The zero-order valence-electron chi connectivity index (χ0n) is 59.6. The Balaban J connectivity index is 0.636. The summed E-state index contributed by atoms with van der Waals surface area (Å²) >= 11 is 0. The Morgan fingerprint density at radius 1 is 0.181 bits per heavy atom. The second-order valence-electron chi connectivity index (χ2n) is 23.9. The van der Waals surface area contributed by atoms with Crippen LogP contribution in [0, 0.1) is 0 Å². The molecule has 28 heteroatoms. The molecule has 0 saturated carbocycles. The van der Waals surface area contributed by atoms with E-state index in [4.69, 9.17) is 56.8 Å². The van der Waals surface area contributed by atoms with Crippen molar-refractivity contribution >= 4 is 83.6 Å². The minimum Gasteiger partial charge on any atom is -0.507 e. The highest BCUT2D eigenvalue weighted by molar-refractivity contribution is 6.06. The fraction of sp³-hybridized carbons (Fsp3) is 0.0227. The van der Waals surface area contributed by atoms with E-state index in [1.165, 1.54) is 285 Å². The minimum atomic E-state index is -1.36. The zero-order valence-corrected chi connectivity index (χ0v) is 59.6. The highest BCUT2D eigenvalue weighted by Gasteiger charge is 2.31. The molecule has 0 heterocycles. The van der Waals surface area contributed by atoms with Crippen LogP contribution < -0.4 is 52.1 Å². The van der Waals surface area contributed by atoms with Crippen LogP contribution in [0.4, 0.5) is 0 Å². The molecule has 0 spiro atoms. The smallest absolute Gasteiger partial charge is 0.349 e. The predicted molar refractivity (Wildman–Crippen MR) is 401 cm³/mol. The van der Waals surface area contributed by atoms with Gasteiger partial charge in [-0.15, -0.1) is 0 Å². The van der Waals surface area contributed by atoms with Crippen molar-refractivity contribution in [1.29, 1.82) is 0 Å². The Bertz CT molecular complexity index is 5940. The third-order valence-electron chi connectivity index (χ3n) is 16.3. The summed E-state index contributed by atoms with van der Waals surface area (Å²) in [5, 5.41) is 19.7. The first-order valence-corrected chi connectivity index (χ1v) is 34.3. The van der Waals surface area contributed by atoms with E-state index in [9.17, 15) is 77.3 Å². The van der Waals surface area contributed by atoms with Crippen molar-refractivity contribution in [2.75, 3.05) is 0 Å². The van der Waals surface area contributed by atoms with Gasteiger partial charge in [0.05, 0.1) is 12.8 Å². The van der Waals surface area contributed by atoms with E-state index >= 15 is 0 Å². The molecule has 0 aromatic heterocycles. The number of carboxylic acid groups (broad SMARTS) is 1. The fourth-order valence-corrected chi connectivity index (χ4v) is 10.8. The van der Waals surface area contributed by atoms with E-state index in [-0.39, 0.29) is 124 Å². The van der Waals surface area contributed by atoms with Crippen LogP contribution in [0.2, 0.25) is 0 Å². The number of carbonyl (C=O) groups excluding carboxylic acids is 13. The molecular weight excluding hydrogens is 1500 g/mol. The summed E-state index contributed by atoms with van der Waals surface area (Å²) in [6.07, 6.45) is -1.47. The van der Waals surface area contributed by atoms with Crippen LogP contribution in [0.15, 0.2) is 291 Å². The van der Waals surface area contributed by atoms with Crippen molar-refractivity contribution in [2.45, 2.75) is 12.8 Å². The molecule has 2 N–H and O–H groups in total. The quantitative estimate of drug-likeness (QED) is 0.0289. The molecular formula is C88H54O28. The van der Waals surface area contributed by atoms with Crippen molar-refractivity contribution in [3.63, 3.8) is 0 Å². The maximum Gasteiger partial charge on any atom is 0.349 e. The first-order chi connectivity index (χ1) is 56.2. The lowest BCUT2D eigenvalue weighted by molar-refractivity contribution is -0.142. The summed E-state index contributed by atoms with van der Waals surface area (Å²) in [5.41, 5.74) is -3.70. The highest BCUT2D eigenvalue weighted by atomic mass is 16.6. The SMILES string of the molecule is O=C(CCC(=O)Oc1ccccc1C(=O)Oc1ccccc1C(=O)Oc1ccccc1C(=O)Oc1ccccc1C(=O)O)OC(=O)c1ccccc1OC(=O)c1ccccc1OC(=O)c1ccccc1OC(=O)c1ccccc1OC(=O)c1ccccc1OC(=O)c1ccccc1OC(=O)c1ccccc1OC(=O)c1ccccc1O. The van der Waals surface area contributed by atoms with Crippen molar-refractivity contribution in [3.8, 4) is 69.0 Å². The zero-order chi connectivity index (χ0) is 81.8. The molecule has 0 aliphatic rings. The Kier molecular flexibility index (Phi) is 24.9. The fourth-order valence-electron chi connectivity index (χ4n) is 10.8. The van der Waals surface area contributed by atoms with Crippen LogP contribution in [0.25, 0.3) is 0 Å². The van der Waals surface area contributed by atoms with Gasteiger partial charge in [-0.05, 0) is 146 Å². The second-order valence-corrected chi connectivity index (χ2v) is 23.9. The van der Waals surface area contributed by atoms with Crippen molar-refractivity contribution in [2.24, 2.45) is 0 Å². The molecule has 0 saturated heterocycles. The Morgan fingerprint density at radius 2 is 0.336 bits per heavy atom. The van der Waals surface area contributed by atoms with Gasteiger partial charge in [0.2, 0.25) is 0 Å². The summed E-state index contributed by atoms with van der Waals surface area (Å²) in [6, 6.07) is 64.6. The van der Waals surface area contributed by atoms with Gasteiger partial charge >= 0.3 is 83.6 Å². The van der Waals surface area contributed by atoms with Crippen LogP contribution in [0.5, 0.6) is 69.0 Å². The number of phenolic OH excluding ortho intramolecular Hbond substituents is 1. The molecule has 0 unspecified atom stereocenters. The molecule has 0 bridgehead atoms. The van der Waals surface area contributed by atoms with E-state index in [1.807, 2.05) is 0 Å². The number of benzene rings is 12. The van der Waals surface area contributed by atoms with Gasteiger partial charge in [0.1, 0.15) is 136 Å². The Morgan fingerprint density at radius 3 is 0.552 bits per heavy atom. The number of hydrogen-bond acceptors (Lipinski definition) is 27. The lowest BCUT2D eigenvalue weighted by Gasteiger charge is -2.14. The van der Waals surface area contributed by atoms with Gasteiger partial charge in [0, 0.05) is 0 Å². The summed E-state index contributed by atoms with van der Waals surface area (Å²) in [6.45, 7) is 0. The molecule has 574 valence electrons. The number of aromatic hydroxyl groups is 1. The van der Waals surface area contributed by atoms with Crippen LogP contribution in [-0.4, -0.2) is 93.8 Å². The van der Waals surface area contributed by atoms with E-state index in [0.29, 0.717) is 0 Å². The standard InChI is InChI=1S/C88H54O28/c89-63-37-13-1-25-51(63)78(94)107-66-40-16-4-28-54(66)81(97)110-69-43-19-7-31-57(69)83(99)111-70-44-20-8-32-58(70)84(100)112-71-45-21-9-33-59(71)85(101)113-72-46-22-10-34-60(72)86(102)114-73-47-23-11-35-61(73)87(103)115-74-48-24-12-36-62(74)88(104)116-76(91)50-49-75(90)105-65-39-15-3-27-53(65)79(95)108-68-42-18-6-30-56(68)82(98)109-67-41-17-5-29-55(67)80(96)106-64-38-14-2-26-52(64)77(92)93/h1-48,89H,49-50H2,(H,92,93). The summed E-state index contributed by atoms with van der Waals surface area (Å²) in [7, 11) is 0. The molecule has 0 amide bonds. The lowest BCUT2D eigenvalue weighted by atomic mass is 10.1. The van der Waals surface area contributed by atoms with Gasteiger partial charge in [-0.3, -0.25) is 9.59 Å². The third kappa shape index (κ3) is 19.3. The molecule has 0 aliphatic carbocycles. The number of carboxylic acids is 1. The van der Waals surface area contributed by atoms with E-state index in [0.717, 1.165) is 6.07 Å². The van der Waals surface area contributed by atoms with Crippen molar-refractivity contribution in [1.82, 2.24) is 0 Å². The third-order valence-corrected chi connectivity index (χ3v) is 16.3. The highest BCUT2D eigenvalue weighted by Crippen LogP contribution is 2.34. The van der Waals surface area contributed by atoms with Gasteiger partial charge in [0.15, 0.2) is 0 Å². The number of para-hydroxylation sites is 12. The summed E-state index contributed by atoms with van der Waals surface area (Å²) < 4.78 is 66.3. The molecule has 116 heavy (non-hydrogen) atoms. The van der Waals surface area contributed by atoms with Crippen LogP contribution in [0.1, 0.15) is 137 Å². The first-order valence-electron chi connectivity index (χ1n) is 34.3. The number of esters is 13. The van der Waals surface area contributed by atoms with Crippen molar-refractivity contribution < 1.29 is 134 Å². The van der Waals surface area contributed by atoms with Crippen molar-refractivity contribution in [3.05, 3.63) is 358 Å². The molecule has 0 radical (unpaired) electrons. The summed E-state index contributed by atoms with van der Waals surface area (Å²) in [5.74, 6) is -20.1. The topological polar surface area (TPSA) is 390 Å². The number of hydrogen-bond donors (Lipinski definition) is 2. The van der Waals surface area contributed by atoms with Gasteiger partial charge in [-0.2, -0.15) is 0 Å². The van der Waals surface area contributed by atoms with E-state index in [1.54, 1.807) is 0 Å². The van der Waals surface area contributed by atoms with E-state index in [2.05, 4.69) is 0 Å². The number of rotatable bonds is 26. The number of aromatic carboxylic acids is 1. The number of ether oxygens (including phenoxy) is 12. The average Bonchev–Trinajstić information content (AvgIpc) is 0.820. The summed E-state index contributed by atoms with van der Waals surface area (Å²) in [4.78, 5) is 189. The first kappa shape index (κ1) is 78.8. The number of carbonyl (C=O) groups is 14. The molecule has 12 rings (SSSR count). The molecule has 0 fully saturated rings. The molecule has 0 aliphatic heterocycles. The Hall–Kier alpha value is -16.8. The normalized spacial score (nSPS) is 10.5. The molecule has 12 aromatic rings. The minimum absolute atomic E-state index is 0.174. The maximum absolute atomic E-state index is 14.1. The average molecular weight is 1560 g/mol. The molecule has 0 atom stereocenters. The van der Waals surface area contributed by atoms with Gasteiger partial charge < -0.3 is 67.1 Å². The largest absolute Gasteiger partial charge is 0.507 e. The van der Waals surface area contributed by atoms with Crippen LogP contribution >= 0.6 is 0 Å². The van der Waals surface area contributed by atoms with Crippen LogP contribution in [-0.2, 0) is 14.3 Å². The Labute approximate surface area is 654 Å².